The number of aryl methyl sites for hydroxylation is 1. The summed E-state index contributed by atoms with van der Waals surface area (Å²) in [5.74, 6) is -0.224. The van der Waals surface area contributed by atoms with E-state index in [2.05, 4.69) is 38.8 Å². The largest absolute Gasteiger partial charge is 0.470 e. The highest BCUT2D eigenvalue weighted by atomic mass is 32.2. The summed E-state index contributed by atoms with van der Waals surface area (Å²) in [6, 6.07) is 9.90. The molecule has 0 aliphatic heterocycles. The molecule has 34 heavy (non-hydrogen) atoms. The van der Waals surface area contributed by atoms with E-state index in [1.807, 2.05) is 13.8 Å². The van der Waals surface area contributed by atoms with Gasteiger partial charge in [0.2, 0.25) is 5.82 Å². The van der Waals surface area contributed by atoms with Crippen LogP contribution in [0, 0.1) is 12.8 Å². The number of anilines is 1. The second-order valence-corrected chi connectivity index (χ2v) is 10.2. The smallest absolute Gasteiger partial charge is 0.271 e. The van der Waals surface area contributed by atoms with E-state index in [9.17, 15) is 13.2 Å². The molecule has 1 amide bonds. The van der Waals surface area contributed by atoms with Crippen LogP contribution >= 0.6 is 0 Å². The van der Waals surface area contributed by atoms with Crippen molar-refractivity contribution in [3.63, 3.8) is 0 Å². The second kappa shape index (κ2) is 11.1. The Morgan fingerprint density at radius 2 is 1.82 bits per heavy atom. The lowest BCUT2D eigenvalue weighted by molar-refractivity contribution is 0.0929. The molecule has 1 atom stereocenters. The lowest BCUT2D eigenvalue weighted by Gasteiger charge is -2.16. The third kappa shape index (κ3) is 6.98. The third-order valence-electron chi connectivity index (χ3n) is 4.84. The van der Waals surface area contributed by atoms with Gasteiger partial charge in [0.25, 0.3) is 21.8 Å². The summed E-state index contributed by atoms with van der Waals surface area (Å²) in [7, 11) is -3.95. The van der Waals surface area contributed by atoms with Crippen molar-refractivity contribution in [1.29, 1.82) is 0 Å². The van der Waals surface area contributed by atoms with Crippen LogP contribution in [0.4, 0.5) is 5.82 Å². The summed E-state index contributed by atoms with van der Waals surface area (Å²) in [5, 5.41) is 2.88. The average molecular weight is 484 g/mol. The van der Waals surface area contributed by atoms with E-state index in [1.54, 1.807) is 36.7 Å². The number of nitrogens with one attached hydrogen (secondary N) is 2. The molecule has 2 N–H and O–H groups in total. The van der Waals surface area contributed by atoms with Crippen LogP contribution in [0.15, 0.2) is 59.9 Å². The van der Waals surface area contributed by atoms with Crippen LogP contribution in [0.3, 0.4) is 0 Å². The number of pyridine rings is 1. The Morgan fingerprint density at radius 3 is 2.47 bits per heavy atom. The van der Waals surface area contributed by atoms with Gasteiger partial charge in [-0.3, -0.25) is 14.5 Å². The molecule has 3 rings (SSSR count). The zero-order valence-electron chi connectivity index (χ0n) is 19.6. The van der Waals surface area contributed by atoms with Crippen molar-refractivity contribution in [2.45, 2.75) is 51.7 Å². The van der Waals surface area contributed by atoms with Gasteiger partial charge in [-0.05, 0) is 44.4 Å². The third-order valence-corrected chi connectivity index (χ3v) is 6.19. The molecule has 180 valence electrons. The van der Waals surface area contributed by atoms with Gasteiger partial charge in [0.15, 0.2) is 5.69 Å². The molecule has 10 heteroatoms. The fourth-order valence-corrected chi connectivity index (χ4v) is 4.26. The summed E-state index contributed by atoms with van der Waals surface area (Å²) >= 11 is 0. The Bertz CT molecular complexity index is 1220. The molecule has 0 fully saturated rings. The number of hydrogen-bond donors (Lipinski definition) is 2. The fourth-order valence-electron chi connectivity index (χ4n) is 3.25. The number of ether oxygens (including phenoxy) is 1. The van der Waals surface area contributed by atoms with Crippen molar-refractivity contribution in [2.75, 3.05) is 4.72 Å². The van der Waals surface area contributed by atoms with Gasteiger partial charge in [-0.15, -0.1) is 0 Å². The zero-order valence-corrected chi connectivity index (χ0v) is 20.5. The molecule has 0 aliphatic rings. The van der Waals surface area contributed by atoms with Gasteiger partial charge in [0.05, 0.1) is 11.1 Å². The standard InChI is InChI=1S/C24H29N5O4S/c1-16(2)12-18(4)27-23(30)21-14-26-22(24(28-21)33-15-19-6-5-11-25-13-19)29-34(31,32)20-9-7-17(3)8-10-20/h5-11,13-14,16,18H,12,15H2,1-4H3,(H,26,29)(H,27,30). The molecular weight excluding hydrogens is 454 g/mol. The summed E-state index contributed by atoms with van der Waals surface area (Å²) in [6.07, 6.45) is 5.28. The number of hydrogen-bond acceptors (Lipinski definition) is 7. The molecule has 0 spiro atoms. The minimum Gasteiger partial charge on any atom is -0.470 e. The monoisotopic (exact) mass is 483 g/mol. The first-order valence-corrected chi connectivity index (χ1v) is 12.4. The van der Waals surface area contributed by atoms with Crippen molar-refractivity contribution in [3.05, 3.63) is 71.8 Å². The summed E-state index contributed by atoms with van der Waals surface area (Å²) < 4.78 is 33.9. The molecule has 1 unspecified atom stereocenters. The number of aromatic nitrogens is 3. The maximum absolute atomic E-state index is 12.9. The molecule has 2 aromatic heterocycles. The number of sulfonamides is 1. The Morgan fingerprint density at radius 1 is 1.09 bits per heavy atom. The Balaban J connectivity index is 1.87. The SMILES string of the molecule is Cc1ccc(S(=O)(=O)Nc2ncc(C(=O)NC(C)CC(C)C)nc2OCc2cccnc2)cc1. The highest BCUT2D eigenvalue weighted by molar-refractivity contribution is 7.92. The van der Waals surface area contributed by atoms with Crippen LogP contribution in [0.2, 0.25) is 0 Å². The van der Waals surface area contributed by atoms with Crippen LogP contribution in [0.1, 0.15) is 48.8 Å². The minimum atomic E-state index is -3.95. The predicted octanol–water partition coefficient (Wildman–Crippen LogP) is 3.72. The van der Waals surface area contributed by atoms with Gasteiger partial charge in [0.1, 0.15) is 6.61 Å². The molecule has 0 saturated heterocycles. The molecule has 0 bridgehead atoms. The summed E-state index contributed by atoms with van der Waals surface area (Å²) in [5.41, 5.74) is 1.70. The number of benzene rings is 1. The van der Waals surface area contributed by atoms with Crippen molar-refractivity contribution >= 4 is 21.7 Å². The number of amides is 1. The normalized spacial score (nSPS) is 12.3. The second-order valence-electron chi connectivity index (χ2n) is 8.48. The Hall–Kier alpha value is -3.53. The Labute approximate surface area is 200 Å². The maximum Gasteiger partial charge on any atom is 0.271 e. The van der Waals surface area contributed by atoms with Crippen molar-refractivity contribution in [2.24, 2.45) is 5.92 Å². The number of carbonyl (C=O) groups excluding carboxylic acids is 1. The van der Waals surface area contributed by atoms with Gasteiger partial charge in [-0.1, -0.05) is 37.6 Å². The van der Waals surface area contributed by atoms with Gasteiger partial charge >= 0.3 is 0 Å². The van der Waals surface area contributed by atoms with Gasteiger partial charge in [-0.25, -0.2) is 18.4 Å². The first-order chi connectivity index (χ1) is 16.1. The minimum absolute atomic E-state index is 0.0232. The number of carbonyl (C=O) groups is 1. The van der Waals surface area contributed by atoms with Crippen molar-refractivity contribution in [3.8, 4) is 5.88 Å². The van der Waals surface area contributed by atoms with Crippen LogP contribution in [-0.4, -0.2) is 35.3 Å². The summed E-state index contributed by atoms with van der Waals surface area (Å²) in [4.78, 5) is 25.2. The molecule has 2 heterocycles. The molecular formula is C24H29N5O4S. The Kier molecular flexibility index (Phi) is 8.17. The molecule has 0 aliphatic carbocycles. The average Bonchev–Trinajstić information content (AvgIpc) is 2.78. The fraction of sp³-hybridized carbons (Fsp3) is 0.333. The maximum atomic E-state index is 12.9. The van der Waals surface area contributed by atoms with E-state index in [4.69, 9.17) is 4.74 Å². The first-order valence-electron chi connectivity index (χ1n) is 10.9. The lowest BCUT2D eigenvalue weighted by atomic mass is 10.1. The van der Waals surface area contributed by atoms with E-state index >= 15 is 0 Å². The van der Waals surface area contributed by atoms with E-state index < -0.39 is 15.9 Å². The van der Waals surface area contributed by atoms with Crippen LogP contribution in [-0.2, 0) is 16.6 Å². The molecule has 0 saturated carbocycles. The number of nitrogens with zero attached hydrogens (tertiary/aromatic N) is 3. The van der Waals surface area contributed by atoms with Crippen LogP contribution in [0.25, 0.3) is 0 Å². The van der Waals surface area contributed by atoms with E-state index in [1.165, 1.54) is 18.3 Å². The van der Waals surface area contributed by atoms with Crippen molar-refractivity contribution in [1.82, 2.24) is 20.3 Å². The highest BCUT2D eigenvalue weighted by Gasteiger charge is 2.21. The molecule has 3 aromatic rings. The topological polar surface area (TPSA) is 123 Å². The van der Waals surface area contributed by atoms with E-state index in [-0.39, 0.29) is 34.9 Å². The molecule has 1 aromatic carbocycles. The zero-order chi connectivity index (χ0) is 24.7. The summed E-state index contributed by atoms with van der Waals surface area (Å²) in [6.45, 7) is 7.99. The van der Waals surface area contributed by atoms with Gasteiger partial charge in [0, 0.05) is 24.0 Å². The quantitative estimate of drug-likeness (QED) is 0.450. The number of rotatable bonds is 10. The van der Waals surface area contributed by atoms with Gasteiger partial charge in [-0.2, -0.15) is 0 Å². The predicted molar refractivity (Wildman–Crippen MR) is 129 cm³/mol. The lowest BCUT2D eigenvalue weighted by Crippen LogP contribution is -2.34. The molecule has 0 radical (unpaired) electrons. The highest BCUT2D eigenvalue weighted by Crippen LogP contribution is 2.24. The van der Waals surface area contributed by atoms with Gasteiger partial charge < -0.3 is 10.1 Å². The first kappa shape index (κ1) is 25.1. The van der Waals surface area contributed by atoms with E-state index in [0.29, 0.717) is 5.92 Å². The van der Waals surface area contributed by atoms with E-state index in [0.717, 1.165) is 17.5 Å². The van der Waals surface area contributed by atoms with Crippen LogP contribution < -0.4 is 14.8 Å². The van der Waals surface area contributed by atoms with Crippen LogP contribution in [0.5, 0.6) is 5.88 Å². The van der Waals surface area contributed by atoms with Crippen molar-refractivity contribution < 1.29 is 17.9 Å². The molecule has 9 nitrogen and oxygen atoms in total.